The Morgan fingerprint density at radius 2 is 1.80 bits per heavy atom. The van der Waals surface area contributed by atoms with Gasteiger partial charge in [0.1, 0.15) is 0 Å². The highest BCUT2D eigenvalue weighted by Gasteiger charge is 2.29. The molecule has 2 atom stereocenters. The Kier molecular flexibility index (Phi) is 1.78. The van der Waals surface area contributed by atoms with E-state index in [4.69, 9.17) is 16.6 Å². The number of nitrogens with two attached hydrogens (primary N) is 2. The lowest BCUT2D eigenvalue weighted by atomic mass is 10.2. The topological polar surface area (TPSA) is 92.6 Å². The Hall–Kier alpha value is -0.810. The van der Waals surface area contributed by atoms with E-state index in [1.807, 2.05) is 0 Å². The molecule has 0 bridgehead atoms. The number of carbonyl (C=O) groups is 1. The molecule has 0 aromatic rings. The summed E-state index contributed by atoms with van der Waals surface area (Å²) in [4.78, 5) is 11.5. The quantitative estimate of drug-likeness (QED) is 0.392. The molecule has 5 heteroatoms. The second-order valence-electron chi connectivity index (χ2n) is 2.52. The highest BCUT2D eigenvalue weighted by molar-refractivity contribution is 5.65. The zero-order valence-corrected chi connectivity index (χ0v) is 5.53. The number of rotatable bonds is 0. The standard InChI is InChI=1S/C5H11N3O2/c6-3-1-8(5(9)10)2-4(3)7/h3-4H,1-2,6-7H2,(H,9,10). The molecule has 5 N–H and O–H groups in total. The third-order valence-electron chi connectivity index (χ3n) is 1.68. The van der Waals surface area contributed by atoms with Crippen LogP contribution in [0.4, 0.5) is 4.79 Å². The van der Waals surface area contributed by atoms with E-state index in [0.29, 0.717) is 13.1 Å². The molecule has 2 unspecified atom stereocenters. The van der Waals surface area contributed by atoms with Crippen molar-refractivity contribution in [1.29, 1.82) is 0 Å². The summed E-state index contributed by atoms with van der Waals surface area (Å²) in [6.07, 6.45) is -0.941. The van der Waals surface area contributed by atoms with E-state index in [0.717, 1.165) is 0 Å². The molecule has 1 fully saturated rings. The fourth-order valence-corrected chi connectivity index (χ4v) is 1.01. The predicted molar refractivity (Wildman–Crippen MR) is 35.5 cm³/mol. The average Bonchev–Trinajstić information content (AvgIpc) is 2.13. The SMILES string of the molecule is NC1CN(C(=O)O)CC1N. The molecule has 0 spiro atoms. The summed E-state index contributed by atoms with van der Waals surface area (Å²) in [7, 11) is 0. The number of hydrogen-bond donors (Lipinski definition) is 3. The van der Waals surface area contributed by atoms with Crippen LogP contribution in [-0.4, -0.2) is 41.3 Å². The van der Waals surface area contributed by atoms with E-state index in [2.05, 4.69) is 0 Å². The van der Waals surface area contributed by atoms with Crippen LogP contribution in [-0.2, 0) is 0 Å². The van der Waals surface area contributed by atoms with Crippen molar-refractivity contribution in [2.24, 2.45) is 11.5 Å². The lowest BCUT2D eigenvalue weighted by Crippen LogP contribution is -2.39. The maximum Gasteiger partial charge on any atom is 0.407 e. The zero-order chi connectivity index (χ0) is 7.72. The minimum atomic E-state index is -0.941. The van der Waals surface area contributed by atoms with Gasteiger partial charge in [-0.05, 0) is 0 Å². The minimum Gasteiger partial charge on any atom is -0.465 e. The van der Waals surface area contributed by atoms with E-state index in [1.54, 1.807) is 0 Å². The van der Waals surface area contributed by atoms with E-state index >= 15 is 0 Å². The fraction of sp³-hybridized carbons (Fsp3) is 0.800. The summed E-state index contributed by atoms with van der Waals surface area (Å²) in [5.74, 6) is 0. The number of carboxylic acid groups (broad SMARTS) is 1. The Balaban J connectivity index is 2.49. The molecule has 0 radical (unpaired) electrons. The highest BCUT2D eigenvalue weighted by Crippen LogP contribution is 2.05. The highest BCUT2D eigenvalue weighted by atomic mass is 16.4. The van der Waals surface area contributed by atoms with Gasteiger partial charge < -0.3 is 21.5 Å². The lowest BCUT2D eigenvalue weighted by molar-refractivity contribution is 0.154. The number of nitrogens with zero attached hydrogens (tertiary/aromatic N) is 1. The summed E-state index contributed by atoms with van der Waals surface area (Å²) in [5.41, 5.74) is 11.0. The third kappa shape index (κ3) is 1.19. The number of likely N-dealkylation sites (tertiary alicyclic amines) is 1. The number of amides is 1. The average molecular weight is 145 g/mol. The molecule has 0 aliphatic carbocycles. The van der Waals surface area contributed by atoms with E-state index in [-0.39, 0.29) is 12.1 Å². The molecule has 1 saturated heterocycles. The Morgan fingerprint density at radius 1 is 1.40 bits per heavy atom. The maximum absolute atomic E-state index is 10.3. The maximum atomic E-state index is 10.3. The van der Waals surface area contributed by atoms with E-state index in [9.17, 15) is 4.79 Å². The van der Waals surface area contributed by atoms with Crippen LogP contribution >= 0.6 is 0 Å². The summed E-state index contributed by atoms with van der Waals surface area (Å²) in [5, 5.41) is 8.46. The van der Waals surface area contributed by atoms with Crippen molar-refractivity contribution in [2.75, 3.05) is 13.1 Å². The molecule has 1 aliphatic heterocycles. The second-order valence-corrected chi connectivity index (χ2v) is 2.52. The molecular formula is C5H11N3O2. The van der Waals surface area contributed by atoms with Gasteiger partial charge >= 0.3 is 6.09 Å². The van der Waals surface area contributed by atoms with Crippen molar-refractivity contribution < 1.29 is 9.90 Å². The van der Waals surface area contributed by atoms with Crippen LogP contribution in [0.2, 0.25) is 0 Å². The van der Waals surface area contributed by atoms with Crippen LogP contribution in [0.5, 0.6) is 0 Å². The molecule has 1 aliphatic rings. The van der Waals surface area contributed by atoms with Gasteiger partial charge in [-0.3, -0.25) is 0 Å². The summed E-state index contributed by atoms with van der Waals surface area (Å²) in [6, 6.07) is -0.396. The molecule has 0 aromatic heterocycles. The number of hydrogen-bond acceptors (Lipinski definition) is 3. The molecule has 1 heterocycles. The first-order chi connectivity index (χ1) is 4.61. The van der Waals surface area contributed by atoms with Gasteiger partial charge in [0, 0.05) is 25.2 Å². The monoisotopic (exact) mass is 145 g/mol. The zero-order valence-electron chi connectivity index (χ0n) is 5.53. The van der Waals surface area contributed by atoms with Crippen molar-refractivity contribution in [3.05, 3.63) is 0 Å². The van der Waals surface area contributed by atoms with Crippen LogP contribution in [0.15, 0.2) is 0 Å². The van der Waals surface area contributed by atoms with Crippen LogP contribution in [0.25, 0.3) is 0 Å². The van der Waals surface area contributed by atoms with Gasteiger partial charge in [0.2, 0.25) is 0 Å². The predicted octanol–water partition coefficient (Wildman–Crippen LogP) is -1.37. The van der Waals surface area contributed by atoms with E-state index in [1.165, 1.54) is 4.90 Å². The molecule has 0 saturated carbocycles. The Labute approximate surface area is 58.6 Å². The minimum absolute atomic E-state index is 0.198. The van der Waals surface area contributed by atoms with Gasteiger partial charge in [0.05, 0.1) is 0 Å². The van der Waals surface area contributed by atoms with Gasteiger partial charge in [-0.1, -0.05) is 0 Å². The molecule has 58 valence electrons. The van der Waals surface area contributed by atoms with Crippen LogP contribution < -0.4 is 11.5 Å². The smallest absolute Gasteiger partial charge is 0.407 e. The van der Waals surface area contributed by atoms with Crippen molar-refractivity contribution in [1.82, 2.24) is 4.90 Å². The molecular weight excluding hydrogens is 134 g/mol. The van der Waals surface area contributed by atoms with E-state index < -0.39 is 6.09 Å². The Bertz CT molecular complexity index is 140. The Morgan fingerprint density at radius 3 is 2.00 bits per heavy atom. The van der Waals surface area contributed by atoms with Crippen molar-refractivity contribution in [2.45, 2.75) is 12.1 Å². The van der Waals surface area contributed by atoms with Crippen molar-refractivity contribution >= 4 is 6.09 Å². The van der Waals surface area contributed by atoms with Crippen molar-refractivity contribution in [3.63, 3.8) is 0 Å². The summed E-state index contributed by atoms with van der Waals surface area (Å²) < 4.78 is 0. The van der Waals surface area contributed by atoms with Gasteiger partial charge in [0.25, 0.3) is 0 Å². The van der Waals surface area contributed by atoms with Crippen LogP contribution in [0, 0.1) is 0 Å². The molecule has 5 nitrogen and oxygen atoms in total. The second kappa shape index (κ2) is 2.43. The van der Waals surface area contributed by atoms with Gasteiger partial charge in [-0.15, -0.1) is 0 Å². The van der Waals surface area contributed by atoms with Gasteiger partial charge in [0.15, 0.2) is 0 Å². The van der Waals surface area contributed by atoms with Crippen LogP contribution in [0.1, 0.15) is 0 Å². The fourth-order valence-electron chi connectivity index (χ4n) is 1.01. The molecule has 1 amide bonds. The summed E-state index contributed by atoms with van der Waals surface area (Å²) >= 11 is 0. The third-order valence-corrected chi connectivity index (χ3v) is 1.68. The van der Waals surface area contributed by atoms with Crippen molar-refractivity contribution in [3.8, 4) is 0 Å². The van der Waals surface area contributed by atoms with Crippen LogP contribution in [0.3, 0.4) is 0 Å². The first-order valence-corrected chi connectivity index (χ1v) is 3.10. The largest absolute Gasteiger partial charge is 0.465 e. The lowest BCUT2D eigenvalue weighted by Gasteiger charge is -2.08. The molecule has 0 aromatic carbocycles. The molecule has 10 heavy (non-hydrogen) atoms. The van der Waals surface area contributed by atoms with Gasteiger partial charge in [-0.25, -0.2) is 4.79 Å². The normalized spacial score (nSPS) is 32.8. The van der Waals surface area contributed by atoms with Gasteiger partial charge in [-0.2, -0.15) is 0 Å². The summed E-state index contributed by atoms with van der Waals surface area (Å²) in [6.45, 7) is 0.715. The first kappa shape index (κ1) is 7.30. The first-order valence-electron chi connectivity index (χ1n) is 3.10. The molecule has 1 rings (SSSR count).